The molecule has 0 aliphatic rings. The third-order valence-corrected chi connectivity index (χ3v) is 3.84. The third-order valence-electron chi connectivity index (χ3n) is 3.37. The summed E-state index contributed by atoms with van der Waals surface area (Å²) in [7, 11) is 0. The summed E-state index contributed by atoms with van der Waals surface area (Å²) in [6.07, 6.45) is 0.804. The molecule has 0 radical (unpaired) electrons. The minimum absolute atomic E-state index is 0.0924. The van der Waals surface area contributed by atoms with Crippen molar-refractivity contribution in [3.05, 3.63) is 82.4 Å². The summed E-state index contributed by atoms with van der Waals surface area (Å²) in [5.74, 6) is 0. The standard InChI is InChI=1S/C17H12Cl2N2O/c18-16-14(10-20-17(19)21-16)12-8-4-5-9-13(12)15(22)11-6-2-1-3-7-11/h1-10,15,22H. The molecule has 1 N–H and O–H groups in total. The van der Waals surface area contributed by atoms with E-state index >= 15 is 0 Å². The van der Waals surface area contributed by atoms with Gasteiger partial charge in [0.25, 0.3) is 0 Å². The van der Waals surface area contributed by atoms with Gasteiger partial charge in [-0.25, -0.2) is 9.97 Å². The van der Waals surface area contributed by atoms with Gasteiger partial charge in [0.1, 0.15) is 11.3 Å². The number of halogens is 2. The second-order valence-electron chi connectivity index (χ2n) is 4.74. The van der Waals surface area contributed by atoms with Gasteiger partial charge in [-0.05, 0) is 28.3 Å². The molecule has 5 heteroatoms. The Morgan fingerprint density at radius 2 is 1.55 bits per heavy atom. The average Bonchev–Trinajstić information content (AvgIpc) is 2.55. The Balaban J connectivity index is 2.11. The first-order chi connectivity index (χ1) is 10.7. The highest BCUT2D eigenvalue weighted by atomic mass is 35.5. The smallest absolute Gasteiger partial charge is 0.223 e. The lowest BCUT2D eigenvalue weighted by atomic mass is 9.94. The topological polar surface area (TPSA) is 46.0 Å². The van der Waals surface area contributed by atoms with Gasteiger partial charge >= 0.3 is 0 Å². The Kier molecular flexibility index (Phi) is 4.39. The molecule has 0 saturated heterocycles. The molecule has 2 aromatic carbocycles. The van der Waals surface area contributed by atoms with Crippen molar-refractivity contribution in [2.75, 3.05) is 0 Å². The van der Waals surface area contributed by atoms with E-state index in [1.54, 1.807) is 6.20 Å². The summed E-state index contributed by atoms with van der Waals surface area (Å²) in [5, 5.41) is 11.0. The lowest BCUT2D eigenvalue weighted by Crippen LogP contribution is -2.02. The highest BCUT2D eigenvalue weighted by Gasteiger charge is 2.17. The molecule has 0 bridgehead atoms. The van der Waals surface area contributed by atoms with Crippen LogP contribution in [-0.2, 0) is 0 Å². The molecule has 1 heterocycles. The van der Waals surface area contributed by atoms with Gasteiger partial charge in [-0.3, -0.25) is 0 Å². The minimum atomic E-state index is -0.760. The Morgan fingerprint density at radius 1 is 0.864 bits per heavy atom. The molecule has 3 aromatic rings. The Hall–Kier alpha value is -1.94. The number of aliphatic hydroxyl groups is 1. The van der Waals surface area contributed by atoms with Gasteiger partial charge < -0.3 is 5.11 Å². The normalized spacial score (nSPS) is 12.1. The van der Waals surface area contributed by atoms with Crippen LogP contribution in [0.5, 0.6) is 0 Å². The SMILES string of the molecule is OC(c1ccccc1)c1ccccc1-c1cnc(Cl)nc1Cl. The molecule has 1 aromatic heterocycles. The van der Waals surface area contributed by atoms with E-state index in [0.29, 0.717) is 5.56 Å². The fourth-order valence-electron chi connectivity index (χ4n) is 2.32. The lowest BCUT2D eigenvalue weighted by molar-refractivity contribution is 0.221. The van der Waals surface area contributed by atoms with Gasteiger partial charge in [0.05, 0.1) is 0 Å². The first kappa shape index (κ1) is 15.0. The van der Waals surface area contributed by atoms with E-state index in [0.717, 1.165) is 16.7 Å². The number of benzene rings is 2. The third kappa shape index (κ3) is 2.97. The molecule has 3 rings (SSSR count). The van der Waals surface area contributed by atoms with Crippen molar-refractivity contribution >= 4 is 23.2 Å². The molecular weight excluding hydrogens is 319 g/mol. The Labute approximate surface area is 138 Å². The highest BCUT2D eigenvalue weighted by molar-refractivity contribution is 6.33. The number of nitrogens with zero attached hydrogens (tertiary/aromatic N) is 2. The van der Waals surface area contributed by atoms with Crippen LogP contribution in [0, 0.1) is 0 Å². The number of aromatic nitrogens is 2. The fourth-order valence-corrected chi connectivity index (χ4v) is 2.72. The maximum atomic E-state index is 10.7. The van der Waals surface area contributed by atoms with Gasteiger partial charge in [-0.1, -0.05) is 66.2 Å². The van der Waals surface area contributed by atoms with Gasteiger partial charge in [-0.2, -0.15) is 0 Å². The highest BCUT2D eigenvalue weighted by Crippen LogP contribution is 2.34. The van der Waals surface area contributed by atoms with Gasteiger partial charge in [0, 0.05) is 11.8 Å². The molecule has 0 amide bonds. The zero-order valence-corrected chi connectivity index (χ0v) is 13.0. The van der Waals surface area contributed by atoms with Gasteiger partial charge in [0.15, 0.2) is 0 Å². The van der Waals surface area contributed by atoms with Gasteiger partial charge in [0.2, 0.25) is 5.28 Å². The number of rotatable bonds is 3. The van der Waals surface area contributed by atoms with Crippen LogP contribution in [-0.4, -0.2) is 15.1 Å². The van der Waals surface area contributed by atoms with Crippen molar-refractivity contribution in [1.82, 2.24) is 9.97 Å². The largest absolute Gasteiger partial charge is 0.384 e. The van der Waals surface area contributed by atoms with Gasteiger partial charge in [-0.15, -0.1) is 0 Å². The second kappa shape index (κ2) is 6.44. The van der Waals surface area contributed by atoms with E-state index in [9.17, 15) is 5.11 Å². The van der Waals surface area contributed by atoms with E-state index in [1.807, 2.05) is 54.6 Å². The van der Waals surface area contributed by atoms with E-state index in [1.165, 1.54) is 0 Å². The van der Waals surface area contributed by atoms with E-state index in [4.69, 9.17) is 23.2 Å². The van der Waals surface area contributed by atoms with E-state index in [2.05, 4.69) is 9.97 Å². The van der Waals surface area contributed by atoms with Crippen molar-refractivity contribution < 1.29 is 5.11 Å². The lowest BCUT2D eigenvalue weighted by Gasteiger charge is -2.16. The zero-order chi connectivity index (χ0) is 15.5. The molecule has 1 unspecified atom stereocenters. The monoisotopic (exact) mass is 330 g/mol. The van der Waals surface area contributed by atoms with Crippen LogP contribution in [0.1, 0.15) is 17.2 Å². The second-order valence-corrected chi connectivity index (χ2v) is 5.44. The van der Waals surface area contributed by atoms with Crippen molar-refractivity contribution in [2.24, 2.45) is 0 Å². The fraction of sp³-hybridized carbons (Fsp3) is 0.0588. The van der Waals surface area contributed by atoms with Crippen LogP contribution in [0.15, 0.2) is 60.8 Å². The minimum Gasteiger partial charge on any atom is -0.384 e. The van der Waals surface area contributed by atoms with Crippen LogP contribution in [0.2, 0.25) is 10.4 Å². The first-order valence-electron chi connectivity index (χ1n) is 6.67. The van der Waals surface area contributed by atoms with Crippen LogP contribution < -0.4 is 0 Å². The summed E-state index contributed by atoms with van der Waals surface area (Å²) in [6, 6.07) is 16.9. The Bertz CT molecular complexity index is 794. The summed E-state index contributed by atoms with van der Waals surface area (Å²) in [5.41, 5.74) is 2.96. The van der Waals surface area contributed by atoms with E-state index < -0.39 is 6.10 Å². The maximum Gasteiger partial charge on any atom is 0.223 e. The van der Waals surface area contributed by atoms with Crippen LogP contribution >= 0.6 is 23.2 Å². The molecule has 22 heavy (non-hydrogen) atoms. The van der Waals surface area contributed by atoms with Crippen molar-refractivity contribution in [3.63, 3.8) is 0 Å². The van der Waals surface area contributed by atoms with Crippen LogP contribution in [0.3, 0.4) is 0 Å². The zero-order valence-electron chi connectivity index (χ0n) is 11.4. The predicted octanol–water partition coefficient (Wildman–Crippen LogP) is 4.53. The molecule has 0 aliphatic carbocycles. The van der Waals surface area contributed by atoms with Crippen molar-refractivity contribution in [3.8, 4) is 11.1 Å². The number of hydrogen-bond acceptors (Lipinski definition) is 3. The number of aliphatic hydroxyl groups excluding tert-OH is 1. The van der Waals surface area contributed by atoms with Crippen LogP contribution in [0.4, 0.5) is 0 Å². The molecule has 0 fully saturated rings. The summed E-state index contributed by atoms with van der Waals surface area (Å²) >= 11 is 11.9. The molecule has 0 aliphatic heterocycles. The first-order valence-corrected chi connectivity index (χ1v) is 7.43. The Morgan fingerprint density at radius 3 is 2.27 bits per heavy atom. The van der Waals surface area contributed by atoms with Crippen LogP contribution in [0.25, 0.3) is 11.1 Å². The van der Waals surface area contributed by atoms with Crippen molar-refractivity contribution in [1.29, 1.82) is 0 Å². The van der Waals surface area contributed by atoms with Crippen molar-refractivity contribution in [2.45, 2.75) is 6.10 Å². The summed E-state index contributed by atoms with van der Waals surface area (Å²) in [6.45, 7) is 0. The molecule has 0 spiro atoms. The predicted molar refractivity (Wildman–Crippen MR) is 88.0 cm³/mol. The molecular formula is C17H12Cl2N2O. The quantitative estimate of drug-likeness (QED) is 0.566. The maximum absolute atomic E-state index is 10.7. The molecule has 0 saturated carbocycles. The number of hydrogen-bond donors (Lipinski definition) is 1. The molecule has 1 atom stereocenters. The molecule has 110 valence electrons. The summed E-state index contributed by atoms with van der Waals surface area (Å²) in [4.78, 5) is 7.94. The summed E-state index contributed by atoms with van der Waals surface area (Å²) < 4.78 is 0. The van der Waals surface area contributed by atoms with E-state index in [-0.39, 0.29) is 10.4 Å². The average molecular weight is 331 g/mol. The molecule has 3 nitrogen and oxygen atoms in total.